The van der Waals surface area contributed by atoms with Gasteiger partial charge < -0.3 is 9.47 Å². The van der Waals surface area contributed by atoms with Crippen molar-refractivity contribution in [2.75, 3.05) is 13.8 Å². The number of aliphatic imine (C=N–C) groups is 1. The summed E-state index contributed by atoms with van der Waals surface area (Å²) in [6, 6.07) is 10.4. The van der Waals surface area contributed by atoms with Crippen molar-refractivity contribution in [1.82, 2.24) is 9.78 Å². The van der Waals surface area contributed by atoms with Gasteiger partial charge in [0.1, 0.15) is 5.69 Å². The van der Waals surface area contributed by atoms with E-state index in [2.05, 4.69) is 55.1 Å². The second-order valence-electron chi connectivity index (χ2n) is 9.88. The van der Waals surface area contributed by atoms with E-state index in [1.165, 1.54) is 5.56 Å². The fourth-order valence-corrected chi connectivity index (χ4v) is 3.28. The molecule has 0 fully saturated rings. The highest BCUT2D eigenvalue weighted by Gasteiger charge is 2.27. The Balaban J connectivity index is 2.55. The number of nitrogens with zero attached hydrogens (tertiary/aromatic N) is 3. The summed E-state index contributed by atoms with van der Waals surface area (Å²) in [5, 5.41) is 4.58. The highest BCUT2D eigenvalue weighted by atomic mass is 16.7. The summed E-state index contributed by atoms with van der Waals surface area (Å²) in [6.45, 7) is 16.7. The zero-order valence-corrected chi connectivity index (χ0v) is 21.7. The zero-order valence-electron chi connectivity index (χ0n) is 21.7. The molecular formula is C27H39N3O3. The molecule has 6 heteroatoms. The first-order valence-electron chi connectivity index (χ1n) is 11.6. The van der Waals surface area contributed by atoms with E-state index in [1.807, 2.05) is 45.4 Å². The Morgan fingerprint density at radius 1 is 1.09 bits per heavy atom. The fraction of sp³-hybridized carbons (Fsp3) is 0.519. The Kier molecular flexibility index (Phi) is 8.64. The van der Waals surface area contributed by atoms with Gasteiger partial charge in [-0.2, -0.15) is 5.10 Å². The molecule has 0 radical (unpaired) electrons. The number of benzene rings is 1. The molecule has 1 heterocycles. The number of aryl methyl sites for hydroxylation is 2. The van der Waals surface area contributed by atoms with E-state index in [4.69, 9.17) is 9.47 Å². The Bertz CT molecular complexity index is 1010. The SMILES string of the molecule is CCn1nc(C)cc1/C(OCOC(=O)C(C)(C)CC)=C(\C=NC)c1ccc(C(C)(C)C)cc1. The number of allylic oxidation sites excluding steroid dienone is 1. The summed E-state index contributed by atoms with van der Waals surface area (Å²) in [4.78, 5) is 16.8. The van der Waals surface area contributed by atoms with Crippen LogP contribution >= 0.6 is 0 Å². The van der Waals surface area contributed by atoms with E-state index < -0.39 is 5.41 Å². The summed E-state index contributed by atoms with van der Waals surface area (Å²) in [5.74, 6) is 0.290. The molecule has 33 heavy (non-hydrogen) atoms. The van der Waals surface area contributed by atoms with Crippen LogP contribution in [0.2, 0.25) is 0 Å². The average molecular weight is 454 g/mol. The Hall–Kier alpha value is -2.89. The molecular weight excluding hydrogens is 414 g/mol. The molecule has 0 spiro atoms. The van der Waals surface area contributed by atoms with Crippen LogP contribution in [0.25, 0.3) is 11.3 Å². The lowest BCUT2D eigenvalue weighted by Crippen LogP contribution is -2.26. The van der Waals surface area contributed by atoms with E-state index in [1.54, 1.807) is 13.3 Å². The van der Waals surface area contributed by atoms with Crippen LogP contribution in [0.15, 0.2) is 35.3 Å². The van der Waals surface area contributed by atoms with Crippen molar-refractivity contribution in [2.24, 2.45) is 10.4 Å². The predicted molar refractivity (Wildman–Crippen MR) is 135 cm³/mol. The minimum absolute atomic E-state index is 0.0544. The highest BCUT2D eigenvalue weighted by Crippen LogP contribution is 2.30. The first-order valence-corrected chi connectivity index (χ1v) is 11.6. The molecule has 0 unspecified atom stereocenters. The molecule has 2 aromatic rings. The third-order valence-electron chi connectivity index (χ3n) is 5.83. The number of ether oxygens (including phenoxy) is 2. The zero-order chi connectivity index (χ0) is 24.8. The van der Waals surface area contributed by atoms with Crippen molar-refractivity contribution in [3.63, 3.8) is 0 Å². The third-order valence-corrected chi connectivity index (χ3v) is 5.83. The second-order valence-corrected chi connectivity index (χ2v) is 9.88. The molecule has 0 atom stereocenters. The Labute approximate surface area is 198 Å². The second kappa shape index (κ2) is 10.8. The average Bonchev–Trinajstić information content (AvgIpc) is 3.15. The van der Waals surface area contributed by atoms with E-state index in [0.717, 1.165) is 22.5 Å². The molecule has 0 N–H and O–H groups in total. The Morgan fingerprint density at radius 2 is 1.73 bits per heavy atom. The van der Waals surface area contributed by atoms with Crippen molar-refractivity contribution in [2.45, 2.75) is 73.8 Å². The van der Waals surface area contributed by atoms with Crippen molar-refractivity contribution in [3.05, 3.63) is 52.8 Å². The molecule has 1 aromatic carbocycles. The van der Waals surface area contributed by atoms with Crippen LogP contribution in [0.5, 0.6) is 0 Å². The monoisotopic (exact) mass is 453 g/mol. The van der Waals surface area contributed by atoms with E-state index >= 15 is 0 Å². The van der Waals surface area contributed by atoms with Gasteiger partial charge in [0.25, 0.3) is 0 Å². The molecule has 0 amide bonds. The van der Waals surface area contributed by atoms with Crippen LogP contribution in [0.4, 0.5) is 0 Å². The van der Waals surface area contributed by atoms with E-state index in [0.29, 0.717) is 18.7 Å². The molecule has 6 nitrogen and oxygen atoms in total. The van der Waals surface area contributed by atoms with Gasteiger partial charge in [-0.1, -0.05) is 52.0 Å². The van der Waals surface area contributed by atoms with Crippen LogP contribution in [0.1, 0.15) is 77.4 Å². The minimum Gasteiger partial charge on any atom is -0.454 e. The van der Waals surface area contributed by atoms with Crippen LogP contribution in [-0.4, -0.2) is 35.8 Å². The number of aromatic nitrogens is 2. The number of carbonyl (C=O) groups is 1. The molecule has 0 bridgehead atoms. The summed E-state index contributed by atoms with van der Waals surface area (Å²) >= 11 is 0. The maximum Gasteiger partial charge on any atom is 0.314 e. The largest absolute Gasteiger partial charge is 0.454 e. The summed E-state index contributed by atoms with van der Waals surface area (Å²) in [6.07, 6.45) is 2.46. The molecule has 1 aromatic heterocycles. The topological polar surface area (TPSA) is 65.7 Å². The van der Waals surface area contributed by atoms with Crippen LogP contribution in [0, 0.1) is 12.3 Å². The molecule has 0 saturated carbocycles. The normalized spacial score (nSPS) is 13.2. The van der Waals surface area contributed by atoms with Gasteiger partial charge in [-0.15, -0.1) is 0 Å². The van der Waals surface area contributed by atoms with Gasteiger partial charge >= 0.3 is 5.97 Å². The summed E-state index contributed by atoms with van der Waals surface area (Å²) < 4.78 is 13.5. The molecule has 0 aliphatic carbocycles. The number of carbonyl (C=O) groups excluding carboxylic acids is 1. The maximum atomic E-state index is 12.5. The lowest BCUT2D eigenvalue weighted by Gasteiger charge is -2.22. The Morgan fingerprint density at radius 3 is 2.24 bits per heavy atom. The molecule has 0 saturated heterocycles. The molecule has 0 aliphatic rings. The highest BCUT2D eigenvalue weighted by molar-refractivity contribution is 6.18. The van der Waals surface area contributed by atoms with Gasteiger partial charge in [-0.3, -0.25) is 14.5 Å². The van der Waals surface area contributed by atoms with Gasteiger partial charge in [0.2, 0.25) is 6.79 Å². The standard InChI is InChI=1S/C27H39N3O3/c1-10-27(7,8)25(31)33-18-32-24(23-16-19(3)29-30(23)11-2)22(17-28-9)20-12-14-21(15-13-20)26(4,5)6/h12-17H,10-11,18H2,1-9H3/b24-22-,28-17?. The van der Waals surface area contributed by atoms with Gasteiger partial charge in [0.05, 0.1) is 11.1 Å². The van der Waals surface area contributed by atoms with Gasteiger partial charge in [-0.25, -0.2) is 0 Å². The maximum absolute atomic E-state index is 12.5. The fourth-order valence-electron chi connectivity index (χ4n) is 3.28. The lowest BCUT2D eigenvalue weighted by molar-refractivity contribution is -0.162. The third kappa shape index (κ3) is 6.56. The van der Waals surface area contributed by atoms with E-state index in [9.17, 15) is 4.79 Å². The van der Waals surface area contributed by atoms with Gasteiger partial charge in [-0.05, 0) is 56.7 Å². The minimum atomic E-state index is -0.564. The number of hydrogen-bond donors (Lipinski definition) is 0. The first-order chi connectivity index (χ1) is 15.4. The van der Waals surface area contributed by atoms with Crippen LogP contribution < -0.4 is 0 Å². The molecule has 0 aliphatic heterocycles. The van der Waals surface area contributed by atoms with Gasteiger partial charge in [0, 0.05) is 25.4 Å². The predicted octanol–water partition coefficient (Wildman–Crippen LogP) is 6.03. The quantitative estimate of drug-likeness (QED) is 0.201. The van der Waals surface area contributed by atoms with Crippen molar-refractivity contribution < 1.29 is 14.3 Å². The van der Waals surface area contributed by atoms with Crippen LogP contribution in [-0.2, 0) is 26.2 Å². The smallest absolute Gasteiger partial charge is 0.314 e. The van der Waals surface area contributed by atoms with E-state index in [-0.39, 0.29) is 18.2 Å². The first kappa shape index (κ1) is 26.4. The molecule has 2 rings (SSSR count). The molecule has 180 valence electrons. The summed E-state index contributed by atoms with van der Waals surface area (Å²) in [5.41, 5.74) is 4.20. The van der Waals surface area contributed by atoms with Crippen molar-refractivity contribution >= 4 is 23.5 Å². The van der Waals surface area contributed by atoms with Crippen molar-refractivity contribution in [3.8, 4) is 0 Å². The number of esters is 1. The lowest BCUT2D eigenvalue weighted by atomic mass is 9.86. The summed E-state index contributed by atoms with van der Waals surface area (Å²) in [7, 11) is 1.73. The number of rotatable bonds is 9. The van der Waals surface area contributed by atoms with Gasteiger partial charge in [0.15, 0.2) is 5.76 Å². The van der Waals surface area contributed by atoms with Crippen LogP contribution in [0.3, 0.4) is 0 Å². The van der Waals surface area contributed by atoms with Crippen molar-refractivity contribution in [1.29, 1.82) is 0 Å². The number of hydrogen-bond acceptors (Lipinski definition) is 5.